The summed E-state index contributed by atoms with van der Waals surface area (Å²) in [6.45, 7) is 0. The number of hydrogen-bond donors (Lipinski definition) is 1. The fourth-order valence-corrected chi connectivity index (χ4v) is 2.72. The molecule has 0 spiro atoms. The van der Waals surface area contributed by atoms with Crippen molar-refractivity contribution in [1.29, 1.82) is 0 Å². The molecule has 0 saturated heterocycles. The third kappa shape index (κ3) is 3.75. The fraction of sp³-hybridized carbons (Fsp3) is 0.0833. The quantitative estimate of drug-likeness (QED) is 0.689. The Morgan fingerprint density at radius 2 is 1.95 bits per heavy atom. The van der Waals surface area contributed by atoms with Gasteiger partial charge in [0.2, 0.25) is 0 Å². The lowest BCUT2D eigenvalue weighted by Crippen LogP contribution is -2.13. The van der Waals surface area contributed by atoms with Crippen LogP contribution in [0.2, 0.25) is 10.0 Å². The second kappa shape index (κ2) is 6.30. The van der Waals surface area contributed by atoms with E-state index in [4.69, 9.17) is 28.3 Å². The summed E-state index contributed by atoms with van der Waals surface area (Å²) in [7, 11) is 0. The molecule has 0 unspecified atom stereocenters. The van der Waals surface area contributed by atoms with E-state index in [1.54, 1.807) is 22.8 Å². The first-order chi connectivity index (χ1) is 9.45. The lowest BCUT2D eigenvalue weighted by atomic mass is 10.3. The van der Waals surface area contributed by atoms with Crippen molar-refractivity contribution < 1.29 is 9.90 Å². The zero-order chi connectivity index (χ0) is 14.7. The Morgan fingerprint density at radius 3 is 2.55 bits per heavy atom. The van der Waals surface area contributed by atoms with Crippen molar-refractivity contribution in [3.05, 3.63) is 50.9 Å². The minimum atomic E-state index is -0.997. The molecule has 0 amide bonds. The monoisotopic (exact) mass is 330 g/mol. The van der Waals surface area contributed by atoms with Crippen molar-refractivity contribution in [3.8, 4) is 5.69 Å². The van der Waals surface area contributed by atoms with Gasteiger partial charge in [0.1, 0.15) is 0 Å². The summed E-state index contributed by atoms with van der Waals surface area (Å²) in [6.07, 6.45) is 1.50. The first-order valence-corrected chi connectivity index (χ1v) is 7.10. The van der Waals surface area contributed by atoms with E-state index >= 15 is 0 Å². The van der Waals surface area contributed by atoms with E-state index in [1.165, 1.54) is 12.3 Å². The van der Waals surface area contributed by atoms with Crippen LogP contribution in [-0.2, 0) is 4.79 Å². The van der Waals surface area contributed by atoms with Crippen LogP contribution in [0.25, 0.3) is 5.69 Å². The van der Waals surface area contributed by atoms with Crippen LogP contribution in [-0.4, -0.2) is 26.4 Å². The van der Waals surface area contributed by atoms with Crippen molar-refractivity contribution in [3.63, 3.8) is 0 Å². The molecule has 1 heterocycles. The summed E-state index contributed by atoms with van der Waals surface area (Å²) in [5, 5.41) is 9.84. The molecule has 0 bridgehead atoms. The van der Waals surface area contributed by atoms with Gasteiger partial charge in [-0.15, -0.1) is 0 Å². The third-order valence-electron chi connectivity index (χ3n) is 2.23. The summed E-state index contributed by atoms with van der Waals surface area (Å²) in [5.41, 5.74) is 0.158. The number of benzene rings is 1. The lowest BCUT2D eigenvalue weighted by molar-refractivity contribution is -0.133. The Kier molecular flexibility index (Phi) is 4.69. The lowest BCUT2D eigenvalue weighted by Gasteiger charge is -2.11. The predicted octanol–water partition coefficient (Wildman–Crippen LogP) is 2.72. The summed E-state index contributed by atoms with van der Waals surface area (Å²) < 4.78 is 1.56. The molecule has 1 N–H and O–H groups in total. The maximum absolute atomic E-state index is 11.3. The maximum Gasteiger partial charge on any atom is 0.313 e. The van der Waals surface area contributed by atoms with Crippen molar-refractivity contribution in [2.45, 2.75) is 5.16 Å². The second-order valence-corrected chi connectivity index (χ2v) is 5.54. The van der Waals surface area contributed by atoms with Gasteiger partial charge in [-0.2, -0.15) is 4.98 Å². The Bertz CT molecular complexity index is 698. The van der Waals surface area contributed by atoms with E-state index in [-0.39, 0.29) is 10.9 Å². The number of aromatic nitrogens is 2. The fourth-order valence-electron chi connectivity index (χ4n) is 1.49. The molecule has 1 aromatic carbocycles. The molecule has 0 radical (unpaired) electrons. The van der Waals surface area contributed by atoms with Gasteiger partial charge in [-0.05, 0) is 18.2 Å². The number of aliphatic carboxylic acids is 1. The number of thioether (sulfide) groups is 1. The van der Waals surface area contributed by atoms with Gasteiger partial charge in [0.25, 0.3) is 5.56 Å². The maximum atomic E-state index is 11.3. The average Bonchev–Trinajstić information content (AvgIpc) is 2.35. The summed E-state index contributed by atoms with van der Waals surface area (Å²) in [4.78, 5) is 25.8. The van der Waals surface area contributed by atoms with E-state index in [9.17, 15) is 9.59 Å². The SMILES string of the molecule is O=C(O)CSc1nc(=O)ccn1-c1cc(Cl)cc(Cl)c1. The van der Waals surface area contributed by atoms with E-state index in [2.05, 4.69) is 4.98 Å². The number of hydrogen-bond acceptors (Lipinski definition) is 4. The Labute approximate surface area is 128 Å². The van der Waals surface area contributed by atoms with E-state index in [0.717, 1.165) is 11.8 Å². The van der Waals surface area contributed by atoms with Crippen LogP contribution in [0.5, 0.6) is 0 Å². The Balaban J connectivity index is 2.49. The number of carboxylic acids is 1. The predicted molar refractivity (Wildman–Crippen MR) is 78.2 cm³/mol. The van der Waals surface area contributed by atoms with Gasteiger partial charge >= 0.3 is 5.97 Å². The Morgan fingerprint density at radius 1 is 1.30 bits per heavy atom. The van der Waals surface area contributed by atoms with E-state index < -0.39 is 11.5 Å². The van der Waals surface area contributed by atoms with Gasteiger partial charge < -0.3 is 5.11 Å². The van der Waals surface area contributed by atoms with Crippen molar-refractivity contribution in [2.24, 2.45) is 0 Å². The van der Waals surface area contributed by atoms with Gasteiger partial charge in [-0.1, -0.05) is 35.0 Å². The highest BCUT2D eigenvalue weighted by atomic mass is 35.5. The van der Waals surface area contributed by atoms with Crippen LogP contribution in [0.3, 0.4) is 0 Å². The smallest absolute Gasteiger partial charge is 0.313 e. The first-order valence-electron chi connectivity index (χ1n) is 5.36. The molecule has 0 aliphatic rings. The highest BCUT2D eigenvalue weighted by Crippen LogP contribution is 2.24. The van der Waals surface area contributed by atoms with Crippen LogP contribution in [0.4, 0.5) is 0 Å². The molecule has 1 aromatic heterocycles. The van der Waals surface area contributed by atoms with Crippen molar-refractivity contribution >= 4 is 40.9 Å². The largest absolute Gasteiger partial charge is 0.481 e. The van der Waals surface area contributed by atoms with Gasteiger partial charge in [-0.3, -0.25) is 14.2 Å². The van der Waals surface area contributed by atoms with Gasteiger partial charge in [0.05, 0.1) is 11.4 Å². The molecular weight excluding hydrogens is 323 g/mol. The minimum Gasteiger partial charge on any atom is -0.481 e. The van der Waals surface area contributed by atoms with Crippen molar-refractivity contribution in [1.82, 2.24) is 9.55 Å². The average molecular weight is 331 g/mol. The van der Waals surface area contributed by atoms with E-state index in [0.29, 0.717) is 15.7 Å². The second-order valence-electron chi connectivity index (χ2n) is 3.73. The van der Waals surface area contributed by atoms with Crippen LogP contribution in [0, 0.1) is 0 Å². The van der Waals surface area contributed by atoms with Crippen molar-refractivity contribution in [2.75, 3.05) is 5.75 Å². The summed E-state index contributed by atoms with van der Waals surface area (Å²) >= 11 is 12.8. The van der Waals surface area contributed by atoms with Crippen LogP contribution >= 0.6 is 35.0 Å². The summed E-state index contributed by atoms with van der Waals surface area (Å²) in [6, 6.07) is 6.14. The molecule has 8 heteroatoms. The molecule has 0 atom stereocenters. The molecule has 5 nitrogen and oxygen atoms in total. The van der Waals surface area contributed by atoms with Crippen LogP contribution < -0.4 is 5.56 Å². The highest BCUT2D eigenvalue weighted by molar-refractivity contribution is 7.99. The molecule has 20 heavy (non-hydrogen) atoms. The minimum absolute atomic E-state index is 0.204. The normalized spacial score (nSPS) is 10.5. The topological polar surface area (TPSA) is 72.2 Å². The zero-order valence-corrected chi connectivity index (χ0v) is 12.2. The molecule has 0 aliphatic heterocycles. The van der Waals surface area contributed by atoms with Gasteiger partial charge in [0.15, 0.2) is 5.16 Å². The van der Waals surface area contributed by atoms with Crippen LogP contribution in [0.1, 0.15) is 0 Å². The summed E-state index contributed by atoms with van der Waals surface area (Å²) in [5.74, 6) is -1.20. The van der Waals surface area contributed by atoms with Crippen LogP contribution in [0.15, 0.2) is 40.4 Å². The standard InChI is InChI=1S/C12H8Cl2N2O3S/c13-7-3-8(14)5-9(4-7)16-2-1-10(17)15-12(16)20-6-11(18)19/h1-5H,6H2,(H,18,19). The molecule has 0 saturated carbocycles. The molecule has 104 valence electrons. The molecular formula is C12H8Cl2N2O3S. The highest BCUT2D eigenvalue weighted by Gasteiger charge is 2.09. The number of rotatable bonds is 4. The molecule has 0 fully saturated rings. The molecule has 2 rings (SSSR count). The third-order valence-corrected chi connectivity index (χ3v) is 3.60. The first kappa shape index (κ1) is 14.9. The van der Waals surface area contributed by atoms with Gasteiger partial charge in [-0.25, -0.2) is 0 Å². The molecule has 2 aromatic rings. The molecule has 0 aliphatic carbocycles. The van der Waals surface area contributed by atoms with Gasteiger partial charge in [0, 0.05) is 22.3 Å². The number of carbonyl (C=O) groups is 1. The van der Waals surface area contributed by atoms with E-state index in [1.807, 2.05) is 0 Å². The number of nitrogens with zero attached hydrogens (tertiary/aromatic N) is 2. The Hall–Kier alpha value is -1.50. The zero-order valence-electron chi connectivity index (χ0n) is 9.92. The number of carboxylic acid groups (broad SMARTS) is 1. The number of halogens is 2.